The molecule has 0 fully saturated rings. The second kappa shape index (κ2) is 4.94. The minimum absolute atomic E-state index is 0.315. The first-order chi connectivity index (χ1) is 5.29. The molecular formula is C9H9Br2. The molecule has 0 saturated carbocycles. The van der Waals surface area contributed by atoms with Crippen LogP contribution in [0.3, 0.4) is 0 Å². The second-order valence-electron chi connectivity index (χ2n) is 2.26. The Morgan fingerprint density at radius 2 is 1.82 bits per heavy atom. The monoisotopic (exact) mass is 275 g/mol. The zero-order chi connectivity index (χ0) is 8.10. The quantitative estimate of drug-likeness (QED) is 0.741. The molecular weight excluding hydrogens is 268 g/mol. The van der Waals surface area contributed by atoms with E-state index in [1.165, 1.54) is 5.56 Å². The van der Waals surface area contributed by atoms with Crippen LogP contribution in [0, 0.1) is 6.42 Å². The van der Waals surface area contributed by atoms with Crippen molar-refractivity contribution in [1.29, 1.82) is 0 Å². The van der Waals surface area contributed by atoms with E-state index in [0.29, 0.717) is 3.74 Å². The third kappa shape index (κ3) is 3.92. The summed E-state index contributed by atoms with van der Waals surface area (Å²) < 4.78 is 0.315. The molecule has 11 heavy (non-hydrogen) atoms. The minimum Gasteiger partial charge on any atom is -0.0762 e. The van der Waals surface area contributed by atoms with Crippen LogP contribution >= 0.6 is 31.9 Å². The Hall–Kier alpha value is 0.180. The fraction of sp³-hybridized carbons (Fsp3) is 0.222. The molecule has 0 heterocycles. The lowest BCUT2D eigenvalue weighted by atomic mass is 10.1. The summed E-state index contributed by atoms with van der Waals surface area (Å²) in [6, 6.07) is 10.4. The average molecular weight is 277 g/mol. The third-order valence-corrected chi connectivity index (χ3v) is 2.12. The van der Waals surface area contributed by atoms with Crippen LogP contribution in [0.2, 0.25) is 0 Å². The molecule has 0 atom stereocenters. The molecule has 0 N–H and O–H groups in total. The first-order valence-electron chi connectivity index (χ1n) is 3.44. The maximum atomic E-state index is 3.39. The van der Waals surface area contributed by atoms with E-state index in [2.05, 4.69) is 62.5 Å². The van der Waals surface area contributed by atoms with E-state index in [1.807, 2.05) is 6.07 Å². The molecule has 2 heteroatoms. The number of hydrogen-bond donors (Lipinski definition) is 0. The molecule has 0 unspecified atom stereocenters. The molecule has 0 spiro atoms. The summed E-state index contributed by atoms with van der Waals surface area (Å²) in [6.45, 7) is 0. The summed E-state index contributed by atoms with van der Waals surface area (Å²) in [6.07, 6.45) is 3.16. The van der Waals surface area contributed by atoms with Crippen molar-refractivity contribution in [3.8, 4) is 0 Å². The number of halogens is 2. The van der Waals surface area contributed by atoms with E-state index < -0.39 is 0 Å². The molecule has 59 valence electrons. The van der Waals surface area contributed by atoms with Gasteiger partial charge in [0.1, 0.15) is 0 Å². The van der Waals surface area contributed by atoms with Crippen molar-refractivity contribution in [2.45, 2.75) is 10.2 Å². The summed E-state index contributed by atoms with van der Waals surface area (Å²) in [7, 11) is 0. The van der Waals surface area contributed by atoms with E-state index in [4.69, 9.17) is 0 Å². The van der Waals surface area contributed by atoms with Gasteiger partial charge in [-0.2, -0.15) is 0 Å². The lowest BCUT2D eigenvalue weighted by Crippen LogP contribution is -1.91. The lowest BCUT2D eigenvalue weighted by molar-refractivity contribution is 1.14. The van der Waals surface area contributed by atoms with Crippen molar-refractivity contribution in [2.24, 2.45) is 0 Å². The van der Waals surface area contributed by atoms with E-state index >= 15 is 0 Å². The van der Waals surface area contributed by atoms with Gasteiger partial charge in [-0.25, -0.2) is 0 Å². The minimum atomic E-state index is 0.315. The van der Waals surface area contributed by atoms with Crippen LogP contribution in [0.1, 0.15) is 5.56 Å². The fourth-order valence-corrected chi connectivity index (χ4v) is 1.21. The first kappa shape index (κ1) is 9.27. The topological polar surface area (TPSA) is 0 Å². The van der Waals surface area contributed by atoms with Crippen molar-refractivity contribution in [2.75, 3.05) is 0 Å². The van der Waals surface area contributed by atoms with Crippen molar-refractivity contribution < 1.29 is 0 Å². The molecule has 1 aromatic carbocycles. The van der Waals surface area contributed by atoms with Gasteiger partial charge in [0.25, 0.3) is 0 Å². The van der Waals surface area contributed by atoms with Gasteiger partial charge in [-0.15, -0.1) is 0 Å². The Balaban J connectivity index is 2.39. The summed E-state index contributed by atoms with van der Waals surface area (Å²) in [4.78, 5) is 0. The summed E-state index contributed by atoms with van der Waals surface area (Å²) in [5.41, 5.74) is 1.34. The van der Waals surface area contributed by atoms with E-state index in [9.17, 15) is 0 Å². The van der Waals surface area contributed by atoms with Crippen molar-refractivity contribution >= 4 is 31.9 Å². The van der Waals surface area contributed by atoms with Crippen LogP contribution in [0.4, 0.5) is 0 Å². The van der Waals surface area contributed by atoms with Crippen LogP contribution in [0.5, 0.6) is 0 Å². The SMILES string of the molecule is BrC(Br)[CH]Cc1ccccc1. The highest BCUT2D eigenvalue weighted by Crippen LogP contribution is 2.14. The molecule has 0 nitrogen and oxygen atoms in total. The number of hydrogen-bond acceptors (Lipinski definition) is 0. The van der Waals surface area contributed by atoms with Gasteiger partial charge in [0.15, 0.2) is 0 Å². The highest BCUT2D eigenvalue weighted by atomic mass is 79.9. The van der Waals surface area contributed by atoms with Crippen LogP contribution in [-0.2, 0) is 6.42 Å². The van der Waals surface area contributed by atoms with Gasteiger partial charge in [-0.3, -0.25) is 0 Å². The van der Waals surface area contributed by atoms with Gasteiger partial charge in [0.2, 0.25) is 0 Å². The molecule has 0 aliphatic carbocycles. The molecule has 1 rings (SSSR count). The summed E-state index contributed by atoms with van der Waals surface area (Å²) in [5, 5.41) is 0. The molecule has 0 aliphatic heterocycles. The van der Waals surface area contributed by atoms with E-state index in [0.717, 1.165) is 6.42 Å². The Bertz CT molecular complexity index is 194. The predicted molar refractivity (Wildman–Crippen MR) is 56.1 cm³/mol. The highest BCUT2D eigenvalue weighted by molar-refractivity contribution is 9.24. The Morgan fingerprint density at radius 1 is 1.18 bits per heavy atom. The zero-order valence-corrected chi connectivity index (χ0v) is 9.18. The first-order valence-corrected chi connectivity index (χ1v) is 5.27. The van der Waals surface area contributed by atoms with Crippen molar-refractivity contribution in [1.82, 2.24) is 0 Å². The molecule has 1 aromatic rings. The van der Waals surface area contributed by atoms with Crippen molar-refractivity contribution in [3.05, 3.63) is 42.3 Å². The average Bonchev–Trinajstić information content (AvgIpc) is 2.03. The highest BCUT2D eigenvalue weighted by Gasteiger charge is 1.97. The molecule has 0 aliphatic rings. The number of rotatable bonds is 3. The van der Waals surface area contributed by atoms with Gasteiger partial charge in [-0.05, 0) is 18.4 Å². The lowest BCUT2D eigenvalue weighted by Gasteiger charge is -2.00. The van der Waals surface area contributed by atoms with Gasteiger partial charge in [0.05, 0.1) is 3.74 Å². The third-order valence-electron chi connectivity index (χ3n) is 1.37. The molecule has 0 amide bonds. The largest absolute Gasteiger partial charge is 0.0762 e. The second-order valence-corrected chi connectivity index (χ2v) is 5.46. The Labute approximate surface area is 84.3 Å². The normalized spacial score (nSPS) is 10.5. The van der Waals surface area contributed by atoms with Gasteiger partial charge < -0.3 is 0 Å². The smallest absolute Gasteiger partial charge is 0.0732 e. The molecule has 0 aromatic heterocycles. The fourth-order valence-electron chi connectivity index (χ4n) is 0.839. The number of benzene rings is 1. The predicted octanol–water partition coefficient (Wildman–Crippen LogP) is 3.55. The van der Waals surface area contributed by atoms with Gasteiger partial charge >= 0.3 is 0 Å². The summed E-state index contributed by atoms with van der Waals surface area (Å²) in [5.74, 6) is 0. The maximum absolute atomic E-state index is 3.39. The van der Waals surface area contributed by atoms with Crippen LogP contribution < -0.4 is 0 Å². The van der Waals surface area contributed by atoms with E-state index in [-0.39, 0.29) is 0 Å². The van der Waals surface area contributed by atoms with E-state index in [1.54, 1.807) is 0 Å². The van der Waals surface area contributed by atoms with Crippen molar-refractivity contribution in [3.63, 3.8) is 0 Å². The van der Waals surface area contributed by atoms with Crippen LogP contribution in [0.25, 0.3) is 0 Å². The van der Waals surface area contributed by atoms with Crippen LogP contribution in [-0.4, -0.2) is 3.74 Å². The molecule has 1 radical (unpaired) electrons. The Kier molecular flexibility index (Phi) is 4.16. The standard InChI is InChI=1S/C9H9Br2/c10-9(11)7-6-8-4-2-1-3-5-8/h1-5,7,9H,6H2. The number of alkyl halides is 2. The zero-order valence-electron chi connectivity index (χ0n) is 6.00. The van der Waals surface area contributed by atoms with Crippen LogP contribution in [0.15, 0.2) is 30.3 Å². The van der Waals surface area contributed by atoms with Gasteiger partial charge in [-0.1, -0.05) is 62.2 Å². The summed E-state index contributed by atoms with van der Waals surface area (Å²) >= 11 is 6.79. The van der Waals surface area contributed by atoms with Gasteiger partial charge in [0, 0.05) is 0 Å². The molecule has 0 saturated heterocycles. The Morgan fingerprint density at radius 3 is 2.36 bits per heavy atom. The maximum Gasteiger partial charge on any atom is 0.0732 e. The molecule has 0 bridgehead atoms.